The molecule has 0 bridgehead atoms. The number of furan rings is 1. The average molecular weight is 637 g/mol. The van der Waals surface area contributed by atoms with Gasteiger partial charge in [0, 0.05) is 23.2 Å². The van der Waals surface area contributed by atoms with E-state index in [-0.39, 0.29) is 0 Å². The Kier molecular flexibility index (Phi) is 10.8. The standard InChI is InChI=1S/C33H27NO.C13H13N/c1-2-10-32-30(29-15-6-7-18-33(29)35-32)16-9-17-31(34)26-21-19-25(20-22-26)28-14-8-13-27(23-28)24-11-4-3-5-12-24;14-10-11-6-8-13(9-7-11)12-4-2-1-3-5-12/h2-23H,34H2,1H3;1-9H,10,14H2/b10-2+,16-9-,31-17-;. The molecular weight excluding hydrogens is 597 g/mol. The second-order valence-corrected chi connectivity index (χ2v) is 11.6. The predicted octanol–water partition coefficient (Wildman–Crippen LogP) is 11.6. The van der Waals surface area contributed by atoms with Gasteiger partial charge in [-0.05, 0) is 75.7 Å². The Morgan fingerprint density at radius 3 is 1.73 bits per heavy atom. The summed E-state index contributed by atoms with van der Waals surface area (Å²) in [4.78, 5) is 0. The summed E-state index contributed by atoms with van der Waals surface area (Å²) in [5.41, 5.74) is 24.0. The number of rotatable bonds is 8. The number of para-hydroxylation sites is 1. The average Bonchev–Trinajstić information content (AvgIpc) is 3.52. The van der Waals surface area contributed by atoms with Crippen LogP contribution in [0.2, 0.25) is 0 Å². The minimum Gasteiger partial charge on any atom is -0.456 e. The summed E-state index contributed by atoms with van der Waals surface area (Å²) in [5.74, 6) is 0.846. The van der Waals surface area contributed by atoms with Crippen LogP contribution < -0.4 is 11.5 Å². The van der Waals surface area contributed by atoms with Crippen molar-refractivity contribution in [1.29, 1.82) is 0 Å². The van der Waals surface area contributed by atoms with Gasteiger partial charge >= 0.3 is 0 Å². The second-order valence-electron chi connectivity index (χ2n) is 11.6. The molecule has 49 heavy (non-hydrogen) atoms. The van der Waals surface area contributed by atoms with Gasteiger partial charge in [0.05, 0.1) is 0 Å². The van der Waals surface area contributed by atoms with Crippen molar-refractivity contribution >= 4 is 28.8 Å². The third kappa shape index (κ3) is 8.23. The molecule has 0 saturated carbocycles. The number of fused-ring (bicyclic) bond motifs is 1. The summed E-state index contributed by atoms with van der Waals surface area (Å²) in [6.45, 7) is 2.59. The zero-order valence-corrected chi connectivity index (χ0v) is 27.7. The van der Waals surface area contributed by atoms with Crippen LogP contribution in [-0.4, -0.2) is 0 Å². The zero-order valence-electron chi connectivity index (χ0n) is 27.7. The van der Waals surface area contributed by atoms with Crippen LogP contribution >= 0.6 is 0 Å². The topological polar surface area (TPSA) is 65.2 Å². The van der Waals surface area contributed by atoms with Crippen molar-refractivity contribution in [2.45, 2.75) is 13.5 Å². The number of hydrogen-bond acceptors (Lipinski definition) is 3. The highest BCUT2D eigenvalue weighted by atomic mass is 16.3. The quantitative estimate of drug-likeness (QED) is 0.163. The van der Waals surface area contributed by atoms with E-state index in [1.807, 2.05) is 73.7 Å². The molecule has 0 fully saturated rings. The molecule has 4 N–H and O–H groups in total. The highest BCUT2D eigenvalue weighted by molar-refractivity contribution is 5.91. The van der Waals surface area contributed by atoms with Gasteiger partial charge in [-0.3, -0.25) is 0 Å². The van der Waals surface area contributed by atoms with E-state index in [0.717, 1.165) is 33.4 Å². The molecule has 0 atom stereocenters. The molecule has 0 amide bonds. The first kappa shape index (κ1) is 32.8. The van der Waals surface area contributed by atoms with Crippen LogP contribution in [0.5, 0.6) is 0 Å². The van der Waals surface area contributed by atoms with Crippen LogP contribution in [0.15, 0.2) is 180 Å². The van der Waals surface area contributed by atoms with Crippen molar-refractivity contribution in [3.05, 3.63) is 198 Å². The number of allylic oxidation sites excluding steroid dienone is 3. The van der Waals surface area contributed by atoms with Crippen molar-refractivity contribution in [3.63, 3.8) is 0 Å². The molecule has 0 spiro atoms. The van der Waals surface area contributed by atoms with Gasteiger partial charge in [0.25, 0.3) is 0 Å². The van der Waals surface area contributed by atoms with E-state index < -0.39 is 0 Å². The maximum absolute atomic E-state index is 6.41. The molecule has 0 aliphatic heterocycles. The SMILES string of the molecule is C/C=C/c1oc2ccccc2c1/C=C\C=C(/N)c1ccc(-c2cccc(-c3ccccc3)c2)cc1.NCc1ccc(-c2ccccc2)cc1. The fourth-order valence-corrected chi connectivity index (χ4v) is 5.70. The largest absolute Gasteiger partial charge is 0.456 e. The Morgan fingerprint density at radius 1 is 0.571 bits per heavy atom. The number of nitrogens with two attached hydrogens (primary N) is 2. The fourth-order valence-electron chi connectivity index (χ4n) is 5.70. The summed E-state index contributed by atoms with van der Waals surface area (Å²) in [5, 5.41) is 1.09. The highest BCUT2D eigenvalue weighted by Gasteiger charge is 2.09. The number of benzene rings is 6. The lowest BCUT2D eigenvalue weighted by Crippen LogP contribution is -1.95. The monoisotopic (exact) mass is 636 g/mol. The highest BCUT2D eigenvalue weighted by Crippen LogP contribution is 2.29. The lowest BCUT2D eigenvalue weighted by molar-refractivity contribution is 0.603. The van der Waals surface area contributed by atoms with Crippen molar-refractivity contribution in [1.82, 2.24) is 0 Å². The van der Waals surface area contributed by atoms with Gasteiger partial charge in [-0.2, -0.15) is 0 Å². The zero-order chi connectivity index (χ0) is 33.8. The van der Waals surface area contributed by atoms with Gasteiger partial charge in [0.1, 0.15) is 11.3 Å². The molecule has 3 nitrogen and oxygen atoms in total. The fraction of sp³-hybridized carbons (Fsp3) is 0.0435. The van der Waals surface area contributed by atoms with E-state index in [1.165, 1.54) is 33.4 Å². The molecule has 1 heterocycles. The van der Waals surface area contributed by atoms with Crippen LogP contribution in [0.1, 0.15) is 29.4 Å². The molecule has 6 aromatic carbocycles. The first-order valence-corrected chi connectivity index (χ1v) is 16.5. The Labute approximate surface area is 289 Å². The summed E-state index contributed by atoms with van der Waals surface area (Å²) in [6, 6.07) is 54.2. The number of hydrogen-bond donors (Lipinski definition) is 2. The van der Waals surface area contributed by atoms with Gasteiger partial charge in [-0.25, -0.2) is 0 Å². The lowest BCUT2D eigenvalue weighted by Gasteiger charge is -2.07. The third-order valence-corrected chi connectivity index (χ3v) is 8.34. The van der Waals surface area contributed by atoms with Crippen molar-refractivity contribution < 1.29 is 4.42 Å². The summed E-state index contributed by atoms with van der Waals surface area (Å²) < 4.78 is 5.98. The first-order chi connectivity index (χ1) is 24.1. The minimum absolute atomic E-state index is 0.606. The molecular formula is C46H40N2O. The Hall–Kier alpha value is -6.16. The van der Waals surface area contributed by atoms with E-state index in [4.69, 9.17) is 15.9 Å². The molecule has 0 unspecified atom stereocenters. The van der Waals surface area contributed by atoms with E-state index in [9.17, 15) is 0 Å². The molecule has 1 aromatic heterocycles. The Morgan fingerprint density at radius 2 is 1.10 bits per heavy atom. The van der Waals surface area contributed by atoms with E-state index in [1.54, 1.807) is 0 Å². The summed E-state index contributed by atoms with van der Waals surface area (Å²) in [6.07, 6.45) is 9.94. The van der Waals surface area contributed by atoms with Crippen LogP contribution in [-0.2, 0) is 6.54 Å². The molecule has 0 saturated heterocycles. The van der Waals surface area contributed by atoms with Gasteiger partial charge in [0.2, 0.25) is 0 Å². The minimum atomic E-state index is 0.606. The van der Waals surface area contributed by atoms with E-state index in [0.29, 0.717) is 12.2 Å². The smallest absolute Gasteiger partial charge is 0.135 e. The van der Waals surface area contributed by atoms with E-state index >= 15 is 0 Å². The molecule has 3 heteroatoms. The van der Waals surface area contributed by atoms with Crippen LogP contribution in [0.4, 0.5) is 0 Å². The Balaban J connectivity index is 0.000000248. The van der Waals surface area contributed by atoms with Gasteiger partial charge in [0.15, 0.2) is 0 Å². The molecule has 7 aromatic rings. The Bertz CT molecular complexity index is 2190. The maximum atomic E-state index is 6.41. The molecule has 240 valence electrons. The normalized spacial score (nSPS) is 11.6. The van der Waals surface area contributed by atoms with Gasteiger partial charge in [-0.1, -0.05) is 164 Å². The van der Waals surface area contributed by atoms with Crippen LogP contribution in [0.3, 0.4) is 0 Å². The van der Waals surface area contributed by atoms with Gasteiger partial charge in [-0.15, -0.1) is 0 Å². The van der Waals surface area contributed by atoms with Crippen molar-refractivity contribution in [2.75, 3.05) is 0 Å². The van der Waals surface area contributed by atoms with E-state index in [2.05, 4.69) is 121 Å². The van der Waals surface area contributed by atoms with Crippen LogP contribution in [0.25, 0.3) is 62.2 Å². The maximum Gasteiger partial charge on any atom is 0.135 e. The lowest BCUT2D eigenvalue weighted by atomic mass is 9.98. The summed E-state index contributed by atoms with van der Waals surface area (Å²) in [7, 11) is 0. The molecule has 0 aliphatic carbocycles. The second kappa shape index (κ2) is 16.1. The van der Waals surface area contributed by atoms with Crippen molar-refractivity contribution in [3.8, 4) is 33.4 Å². The van der Waals surface area contributed by atoms with Crippen LogP contribution in [0, 0.1) is 0 Å². The molecule has 0 aliphatic rings. The molecule has 7 rings (SSSR count). The predicted molar refractivity (Wildman–Crippen MR) is 209 cm³/mol. The molecule has 0 radical (unpaired) electrons. The summed E-state index contributed by atoms with van der Waals surface area (Å²) >= 11 is 0. The third-order valence-electron chi connectivity index (χ3n) is 8.34. The first-order valence-electron chi connectivity index (χ1n) is 16.5. The van der Waals surface area contributed by atoms with Gasteiger partial charge < -0.3 is 15.9 Å². The van der Waals surface area contributed by atoms with Crippen molar-refractivity contribution in [2.24, 2.45) is 11.5 Å².